The largest absolute Gasteiger partial charge is 0.392 e. The van der Waals surface area contributed by atoms with Gasteiger partial charge in [0.1, 0.15) is 0 Å². The normalized spacial score (nSPS) is 44.6. The molecule has 0 bridgehead atoms. The Morgan fingerprint density at radius 2 is 1.95 bits per heavy atom. The average molecular weight is 306 g/mol. The third-order valence-electron chi connectivity index (χ3n) is 5.96. The van der Waals surface area contributed by atoms with Crippen molar-refractivity contribution in [3.05, 3.63) is 23.8 Å². The molecule has 1 fully saturated rings. The maximum Gasteiger partial charge on any atom is 0.0623 e. The maximum atomic E-state index is 10.9. The van der Waals surface area contributed by atoms with Crippen molar-refractivity contribution in [3.8, 4) is 0 Å². The highest BCUT2D eigenvalue weighted by molar-refractivity contribution is 5.14. The fourth-order valence-electron chi connectivity index (χ4n) is 4.58. The van der Waals surface area contributed by atoms with Crippen LogP contribution in [0.1, 0.15) is 66.7 Å². The highest BCUT2D eigenvalue weighted by Gasteiger charge is 2.51. The van der Waals surface area contributed by atoms with Crippen LogP contribution in [-0.4, -0.2) is 21.9 Å². The molecule has 0 unspecified atom stereocenters. The fraction of sp³-hybridized carbons (Fsp3) is 0.800. The summed E-state index contributed by atoms with van der Waals surface area (Å²) < 4.78 is 0. The van der Waals surface area contributed by atoms with E-state index in [2.05, 4.69) is 39.0 Å². The average Bonchev–Trinajstić information content (AvgIpc) is 2.73. The molecule has 2 aliphatic rings. The summed E-state index contributed by atoms with van der Waals surface area (Å²) >= 11 is 0. The molecule has 2 nitrogen and oxygen atoms in total. The Kier molecular flexibility index (Phi) is 5.23. The van der Waals surface area contributed by atoms with Crippen LogP contribution >= 0.6 is 0 Å². The zero-order valence-electron chi connectivity index (χ0n) is 15.0. The SMILES string of the molecule is C/C1=C\CC[C@H](C)/C=C/[C@@]2(C)CC[C@@H](C(C)(C)O)[C@@H]2[C@@H](O)C1. The molecule has 2 heteroatoms. The Morgan fingerprint density at radius 1 is 1.27 bits per heavy atom. The number of allylic oxidation sites excluding steroid dienone is 3. The third kappa shape index (κ3) is 3.83. The number of aliphatic hydroxyl groups is 2. The molecule has 0 amide bonds. The quantitative estimate of drug-likeness (QED) is 0.702. The molecule has 0 aromatic carbocycles. The van der Waals surface area contributed by atoms with Gasteiger partial charge in [0.15, 0.2) is 0 Å². The van der Waals surface area contributed by atoms with Crippen molar-refractivity contribution in [2.75, 3.05) is 0 Å². The molecular weight excluding hydrogens is 272 g/mol. The highest BCUT2D eigenvalue weighted by Crippen LogP contribution is 2.54. The lowest BCUT2D eigenvalue weighted by atomic mass is 9.68. The first-order chi connectivity index (χ1) is 10.1. The number of fused-ring (bicyclic) bond motifs is 1. The van der Waals surface area contributed by atoms with E-state index >= 15 is 0 Å². The lowest BCUT2D eigenvalue weighted by molar-refractivity contribution is -0.0509. The summed E-state index contributed by atoms with van der Waals surface area (Å²) in [5, 5.41) is 21.5. The van der Waals surface area contributed by atoms with Gasteiger partial charge in [0, 0.05) is 0 Å². The second-order valence-electron chi connectivity index (χ2n) is 8.57. The van der Waals surface area contributed by atoms with E-state index in [1.807, 2.05) is 13.8 Å². The van der Waals surface area contributed by atoms with Crippen LogP contribution in [0.3, 0.4) is 0 Å². The Bertz CT molecular complexity index is 443. The van der Waals surface area contributed by atoms with Gasteiger partial charge in [-0.2, -0.15) is 0 Å². The lowest BCUT2D eigenvalue weighted by Gasteiger charge is -2.40. The van der Waals surface area contributed by atoms with Crippen molar-refractivity contribution < 1.29 is 10.2 Å². The van der Waals surface area contributed by atoms with Gasteiger partial charge in [-0.3, -0.25) is 0 Å². The zero-order chi connectivity index (χ0) is 16.5. The zero-order valence-corrected chi connectivity index (χ0v) is 15.0. The summed E-state index contributed by atoms with van der Waals surface area (Å²) in [7, 11) is 0. The number of rotatable bonds is 1. The summed E-state index contributed by atoms with van der Waals surface area (Å²) in [6.07, 6.45) is 11.6. The first kappa shape index (κ1) is 17.7. The maximum absolute atomic E-state index is 10.9. The second kappa shape index (κ2) is 6.49. The molecule has 2 N–H and O–H groups in total. The van der Waals surface area contributed by atoms with Crippen molar-refractivity contribution >= 4 is 0 Å². The van der Waals surface area contributed by atoms with Gasteiger partial charge in [-0.1, -0.05) is 37.6 Å². The van der Waals surface area contributed by atoms with E-state index in [0.29, 0.717) is 5.92 Å². The summed E-state index contributed by atoms with van der Waals surface area (Å²) in [6, 6.07) is 0. The molecule has 0 spiro atoms. The Morgan fingerprint density at radius 3 is 2.59 bits per heavy atom. The summed E-state index contributed by atoms with van der Waals surface area (Å²) in [6.45, 7) is 10.5. The predicted octanol–water partition coefficient (Wildman–Crippen LogP) is 4.47. The number of aliphatic hydroxyl groups excluding tert-OH is 1. The smallest absolute Gasteiger partial charge is 0.0623 e. The topological polar surface area (TPSA) is 40.5 Å². The minimum absolute atomic E-state index is 0.0109. The van der Waals surface area contributed by atoms with Gasteiger partial charge in [0.25, 0.3) is 0 Å². The monoisotopic (exact) mass is 306 g/mol. The van der Waals surface area contributed by atoms with E-state index in [1.165, 1.54) is 12.0 Å². The molecule has 22 heavy (non-hydrogen) atoms. The van der Waals surface area contributed by atoms with E-state index in [-0.39, 0.29) is 23.4 Å². The van der Waals surface area contributed by atoms with E-state index in [0.717, 1.165) is 25.7 Å². The molecule has 1 saturated carbocycles. The minimum atomic E-state index is -0.735. The standard InChI is InChI=1S/C20H34O2/c1-14-7-6-8-15(2)13-17(21)18-16(19(3,4)22)10-12-20(18,5)11-9-14/h8-9,11,14,16-18,21-22H,6-7,10,12-13H2,1-5H3/b11-9+,15-8+/t14-,16+,17-,18+,20-/m0/s1. The van der Waals surface area contributed by atoms with Crippen LogP contribution in [-0.2, 0) is 0 Å². The molecule has 0 aliphatic heterocycles. The van der Waals surface area contributed by atoms with Gasteiger partial charge in [-0.25, -0.2) is 0 Å². The predicted molar refractivity (Wildman–Crippen MR) is 92.5 cm³/mol. The number of hydrogen-bond donors (Lipinski definition) is 2. The molecule has 0 radical (unpaired) electrons. The van der Waals surface area contributed by atoms with Crippen LogP contribution in [0.25, 0.3) is 0 Å². The highest BCUT2D eigenvalue weighted by atomic mass is 16.3. The van der Waals surface area contributed by atoms with Crippen LogP contribution in [0.4, 0.5) is 0 Å². The Hall–Kier alpha value is -0.600. The van der Waals surface area contributed by atoms with Gasteiger partial charge >= 0.3 is 0 Å². The van der Waals surface area contributed by atoms with Crippen LogP contribution in [0.2, 0.25) is 0 Å². The molecule has 2 rings (SSSR count). The van der Waals surface area contributed by atoms with Crippen LogP contribution in [0, 0.1) is 23.2 Å². The van der Waals surface area contributed by atoms with Crippen LogP contribution in [0.5, 0.6) is 0 Å². The van der Waals surface area contributed by atoms with Crippen molar-refractivity contribution in [2.24, 2.45) is 23.2 Å². The van der Waals surface area contributed by atoms with Gasteiger partial charge in [0.2, 0.25) is 0 Å². The van der Waals surface area contributed by atoms with Crippen molar-refractivity contribution in [2.45, 2.75) is 78.4 Å². The van der Waals surface area contributed by atoms with Crippen LogP contribution < -0.4 is 0 Å². The van der Waals surface area contributed by atoms with E-state index in [9.17, 15) is 10.2 Å². The lowest BCUT2D eigenvalue weighted by Crippen LogP contribution is -2.43. The molecule has 126 valence electrons. The molecular formula is C20H34O2. The minimum Gasteiger partial charge on any atom is -0.392 e. The molecule has 0 heterocycles. The van der Waals surface area contributed by atoms with Crippen molar-refractivity contribution in [3.63, 3.8) is 0 Å². The third-order valence-corrected chi connectivity index (χ3v) is 5.96. The van der Waals surface area contributed by atoms with E-state index in [4.69, 9.17) is 0 Å². The number of hydrogen-bond acceptors (Lipinski definition) is 2. The van der Waals surface area contributed by atoms with Gasteiger partial charge < -0.3 is 10.2 Å². The first-order valence-electron chi connectivity index (χ1n) is 8.89. The van der Waals surface area contributed by atoms with Crippen molar-refractivity contribution in [1.29, 1.82) is 0 Å². The molecule has 2 aliphatic carbocycles. The molecule has 0 aromatic rings. The van der Waals surface area contributed by atoms with Gasteiger partial charge in [0.05, 0.1) is 11.7 Å². The van der Waals surface area contributed by atoms with Gasteiger partial charge in [-0.05, 0) is 76.0 Å². The Labute approximate surface area is 136 Å². The molecule has 5 atom stereocenters. The molecule has 0 saturated heterocycles. The Balaban J connectivity index is 2.39. The summed E-state index contributed by atoms with van der Waals surface area (Å²) in [4.78, 5) is 0. The van der Waals surface area contributed by atoms with Gasteiger partial charge in [-0.15, -0.1) is 0 Å². The first-order valence-corrected chi connectivity index (χ1v) is 8.89. The van der Waals surface area contributed by atoms with Crippen molar-refractivity contribution in [1.82, 2.24) is 0 Å². The second-order valence-corrected chi connectivity index (χ2v) is 8.57. The fourth-order valence-corrected chi connectivity index (χ4v) is 4.58. The van der Waals surface area contributed by atoms with Crippen LogP contribution in [0.15, 0.2) is 23.8 Å². The summed E-state index contributed by atoms with van der Waals surface area (Å²) in [5.41, 5.74) is 0.536. The summed E-state index contributed by atoms with van der Waals surface area (Å²) in [5.74, 6) is 0.844. The van der Waals surface area contributed by atoms with E-state index < -0.39 is 5.60 Å². The molecule has 0 aromatic heterocycles. The van der Waals surface area contributed by atoms with E-state index in [1.54, 1.807) is 0 Å².